The van der Waals surface area contributed by atoms with Crippen molar-refractivity contribution in [2.24, 2.45) is 5.92 Å². The van der Waals surface area contributed by atoms with Gasteiger partial charge in [-0.25, -0.2) is 0 Å². The Morgan fingerprint density at radius 2 is 1.16 bits per heavy atom. The van der Waals surface area contributed by atoms with Gasteiger partial charge < -0.3 is 0 Å². The maximum atomic E-state index is 2.29. The Morgan fingerprint density at radius 1 is 0.684 bits per heavy atom. The molecule has 19 heavy (non-hydrogen) atoms. The highest BCUT2D eigenvalue weighted by Crippen LogP contribution is 2.31. The summed E-state index contributed by atoms with van der Waals surface area (Å²) >= 11 is 0. The lowest BCUT2D eigenvalue weighted by atomic mass is 9.82. The molecule has 0 aromatic heterocycles. The second-order valence-corrected chi connectivity index (χ2v) is 5.04. The van der Waals surface area contributed by atoms with E-state index in [0.29, 0.717) is 11.8 Å². The van der Waals surface area contributed by atoms with Crippen molar-refractivity contribution in [3.8, 4) is 0 Å². The van der Waals surface area contributed by atoms with E-state index >= 15 is 0 Å². The van der Waals surface area contributed by atoms with E-state index in [-0.39, 0.29) is 0 Å². The monoisotopic (exact) mass is 254 g/mol. The Bertz CT molecular complexity index is 451. The van der Waals surface area contributed by atoms with Gasteiger partial charge in [0.25, 0.3) is 0 Å². The summed E-state index contributed by atoms with van der Waals surface area (Å²) in [5, 5.41) is 0. The van der Waals surface area contributed by atoms with Crippen molar-refractivity contribution in [1.82, 2.24) is 0 Å². The van der Waals surface area contributed by atoms with Crippen molar-refractivity contribution in [2.75, 3.05) is 0 Å². The standard InChI is InChI=1S/C17H20.C2H6/c1-13(2)17(15-7-5-4-6-8-15)16-11-9-14(3)10-12-16;1-2/h4-13,17H,1-3H3;1-2H3. The Balaban J connectivity index is 0.000000861. The maximum Gasteiger partial charge on any atom is 0.0112 e. The lowest BCUT2D eigenvalue weighted by molar-refractivity contribution is 0.564. The van der Waals surface area contributed by atoms with E-state index in [9.17, 15) is 0 Å². The topological polar surface area (TPSA) is 0 Å². The molecule has 2 aromatic carbocycles. The van der Waals surface area contributed by atoms with Crippen LogP contribution in [0.2, 0.25) is 0 Å². The second-order valence-electron chi connectivity index (χ2n) is 5.04. The molecule has 0 fully saturated rings. The minimum atomic E-state index is 0.497. The molecule has 0 saturated carbocycles. The zero-order valence-corrected chi connectivity index (χ0v) is 12.9. The predicted molar refractivity (Wildman–Crippen MR) is 85.7 cm³/mol. The molecule has 0 nitrogen and oxygen atoms in total. The Kier molecular flexibility index (Phi) is 6.35. The molecule has 0 spiro atoms. The van der Waals surface area contributed by atoms with E-state index in [4.69, 9.17) is 0 Å². The van der Waals surface area contributed by atoms with E-state index in [1.165, 1.54) is 16.7 Å². The first-order valence-corrected chi connectivity index (χ1v) is 7.30. The van der Waals surface area contributed by atoms with E-state index in [0.717, 1.165) is 0 Å². The van der Waals surface area contributed by atoms with Gasteiger partial charge in [-0.3, -0.25) is 0 Å². The molecular weight excluding hydrogens is 228 g/mol. The van der Waals surface area contributed by atoms with Crippen molar-refractivity contribution in [2.45, 2.75) is 40.5 Å². The summed E-state index contributed by atoms with van der Waals surface area (Å²) in [6.45, 7) is 10.7. The number of hydrogen-bond acceptors (Lipinski definition) is 0. The molecule has 0 amide bonds. The van der Waals surface area contributed by atoms with Crippen molar-refractivity contribution in [3.63, 3.8) is 0 Å². The van der Waals surface area contributed by atoms with Gasteiger partial charge in [0.15, 0.2) is 0 Å². The molecule has 0 N–H and O–H groups in total. The second kappa shape index (κ2) is 7.78. The predicted octanol–water partition coefficient (Wildman–Crippen LogP) is 5.81. The van der Waals surface area contributed by atoms with Gasteiger partial charge in [-0.05, 0) is 24.0 Å². The Hall–Kier alpha value is -1.56. The number of benzene rings is 2. The summed E-state index contributed by atoms with van der Waals surface area (Å²) in [6.07, 6.45) is 0. The first kappa shape index (κ1) is 15.5. The van der Waals surface area contributed by atoms with Crippen molar-refractivity contribution < 1.29 is 0 Å². The first-order chi connectivity index (χ1) is 9.18. The van der Waals surface area contributed by atoms with E-state index in [1.54, 1.807) is 0 Å². The van der Waals surface area contributed by atoms with E-state index in [1.807, 2.05) is 13.8 Å². The van der Waals surface area contributed by atoms with Gasteiger partial charge in [0.1, 0.15) is 0 Å². The van der Waals surface area contributed by atoms with Crippen LogP contribution >= 0.6 is 0 Å². The van der Waals surface area contributed by atoms with Crippen LogP contribution in [0.1, 0.15) is 50.3 Å². The summed E-state index contributed by atoms with van der Waals surface area (Å²) in [5.41, 5.74) is 4.15. The highest BCUT2D eigenvalue weighted by Gasteiger charge is 2.17. The number of rotatable bonds is 3. The van der Waals surface area contributed by atoms with Crippen LogP contribution < -0.4 is 0 Å². The third kappa shape index (κ3) is 4.24. The minimum Gasteiger partial charge on any atom is -0.0683 e. The average Bonchev–Trinajstić information content (AvgIpc) is 2.44. The van der Waals surface area contributed by atoms with Gasteiger partial charge in [-0.2, -0.15) is 0 Å². The highest BCUT2D eigenvalue weighted by atomic mass is 14.2. The SMILES string of the molecule is CC.Cc1ccc(C(c2ccccc2)C(C)C)cc1. The van der Waals surface area contributed by atoms with Crippen molar-refractivity contribution in [1.29, 1.82) is 0 Å². The molecule has 1 unspecified atom stereocenters. The van der Waals surface area contributed by atoms with Gasteiger partial charge in [-0.1, -0.05) is 87.9 Å². The van der Waals surface area contributed by atoms with E-state index in [2.05, 4.69) is 75.4 Å². The molecule has 0 heterocycles. The fourth-order valence-corrected chi connectivity index (χ4v) is 2.40. The summed E-state index contributed by atoms with van der Waals surface area (Å²) in [6, 6.07) is 19.7. The third-order valence-corrected chi connectivity index (χ3v) is 3.26. The van der Waals surface area contributed by atoms with Crippen LogP contribution in [-0.4, -0.2) is 0 Å². The van der Waals surface area contributed by atoms with Crippen molar-refractivity contribution >= 4 is 0 Å². The van der Waals surface area contributed by atoms with Crippen LogP contribution in [0.4, 0.5) is 0 Å². The van der Waals surface area contributed by atoms with Crippen LogP contribution in [0.3, 0.4) is 0 Å². The fourth-order valence-electron chi connectivity index (χ4n) is 2.40. The molecule has 0 aliphatic carbocycles. The summed E-state index contributed by atoms with van der Waals surface area (Å²) in [7, 11) is 0. The van der Waals surface area contributed by atoms with Crippen LogP contribution in [-0.2, 0) is 0 Å². The molecule has 0 bridgehead atoms. The Morgan fingerprint density at radius 3 is 1.63 bits per heavy atom. The molecule has 0 aliphatic rings. The zero-order valence-electron chi connectivity index (χ0n) is 12.9. The Labute approximate surface area is 118 Å². The van der Waals surface area contributed by atoms with Crippen LogP contribution in [0.15, 0.2) is 54.6 Å². The van der Waals surface area contributed by atoms with Gasteiger partial charge in [0, 0.05) is 5.92 Å². The zero-order chi connectivity index (χ0) is 14.3. The minimum absolute atomic E-state index is 0.497. The normalized spacial score (nSPS) is 11.7. The van der Waals surface area contributed by atoms with Gasteiger partial charge in [0.05, 0.1) is 0 Å². The summed E-state index contributed by atoms with van der Waals surface area (Å²) in [4.78, 5) is 0. The molecule has 0 aliphatic heterocycles. The molecule has 102 valence electrons. The maximum absolute atomic E-state index is 2.29. The summed E-state index contributed by atoms with van der Waals surface area (Å²) in [5.74, 6) is 1.11. The first-order valence-electron chi connectivity index (χ1n) is 7.30. The molecule has 0 heteroatoms. The lowest BCUT2D eigenvalue weighted by Crippen LogP contribution is -2.08. The third-order valence-electron chi connectivity index (χ3n) is 3.26. The molecule has 0 saturated heterocycles. The number of aryl methyl sites for hydroxylation is 1. The van der Waals surface area contributed by atoms with Gasteiger partial charge in [-0.15, -0.1) is 0 Å². The lowest BCUT2D eigenvalue weighted by Gasteiger charge is -2.22. The van der Waals surface area contributed by atoms with Crippen LogP contribution in [0.5, 0.6) is 0 Å². The number of hydrogen-bond donors (Lipinski definition) is 0. The van der Waals surface area contributed by atoms with Crippen LogP contribution in [0.25, 0.3) is 0 Å². The van der Waals surface area contributed by atoms with Gasteiger partial charge >= 0.3 is 0 Å². The van der Waals surface area contributed by atoms with Gasteiger partial charge in [0.2, 0.25) is 0 Å². The molecule has 2 rings (SSSR count). The molecule has 0 radical (unpaired) electrons. The molecule has 2 aromatic rings. The molecule has 1 atom stereocenters. The largest absolute Gasteiger partial charge is 0.0683 e. The van der Waals surface area contributed by atoms with Crippen molar-refractivity contribution in [3.05, 3.63) is 71.3 Å². The summed E-state index contributed by atoms with van der Waals surface area (Å²) < 4.78 is 0. The smallest absolute Gasteiger partial charge is 0.0112 e. The fraction of sp³-hybridized carbons (Fsp3) is 0.368. The molecular formula is C19H26. The van der Waals surface area contributed by atoms with E-state index < -0.39 is 0 Å². The quantitative estimate of drug-likeness (QED) is 0.648. The van der Waals surface area contributed by atoms with Crippen LogP contribution in [0, 0.1) is 12.8 Å². The average molecular weight is 254 g/mol. The highest BCUT2D eigenvalue weighted by molar-refractivity contribution is 5.34.